The molecule has 5 nitrogen and oxygen atoms in total. The number of likely N-dealkylation sites (tertiary alicyclic amines) is 1. The molecular weight excluding hydrogens is 425 g/mol. The molecule has 25 heavy (non-hydrogen) atoms. The summed E-state index contributed by atoms with van der Waals surface area (Å²) in [6, 6.07) is 1.78. The van der Waals surface area contributed by atoms with Gasteiger partial charge in [-0.2, -0.15) is 0 Å². The number of halogens is 1. The quantitative estimate of drug-likeness (QED) is 0.237. The smallest absolute Gasteiger partial charge is 0.191 e. The molecule has 0 atom stereocenters. The molecule has 1 aliphatic heterocycles. The molecule has 1 saturated heterocycles. The fraction of sp³-hybridized carbons (Fsp3) is 0.947. The zero-order valence-corrected chi connectivity index (χ0v) is 19.7. The molecule has 1 aliphatic rings. The SMILES string of the molecule is CCCN1CCC(NC(=NC)NCCCN(C(C)C)C(C)C)CC1.I. The molecule has 0 unspecified atom stereocenters. The highest BCUT2D eigenvalue weighted by molar-refractivity contribution is 14.0. The molecule has 0 aliphatic carbocycles. The number of nitrogens with one attached hydrogen (secondary N) is 2. The lowest BCUT2D eigenvalue weighted by molar-refractivity contribution is 0.173. The Morgan fingerprint density at radius 3 is 2.24 bits per heavy atom. The molecule has 1 heterocycles. The number of hydrogen-bond donors (Lipinski definition) is 2. The molecule has 0 aromatic carbocycles. The number of hydrogen-bond acceptors (Lipinski definition) is 3. The number of guanidine groups is 1. The zero-order valence-electron chi connectivity index (χ0n) is 17.3. The van der Waals surface area contributed by atoms with Gasteiger partial charge in [-0.25, -0.2) is 0 Å². The molecule has 6 heteroatoms. The Balaban J connectivity index is 0.00000576. The van der Waals surface area contributed by atoms with Crippen molar-refractivity contribution < 1.29 is 0 Å². The van der Waals surface area contributed by atoms with Gasteiger partial charge in [-0.3, -0.25) is 9.89 Å². The van der Waals surface area contributed by atoms with Crippen molar-refractivity contribution in [3.63, 3.8) is 0 Å². The van der Waals surface area contributed by atoms with Gasteiger partial charge in [-0.1, -0.05) is 6.92 Å². The van der Waals surface area contributed by atoms with Crippen molar-refractivity contribution >= 4 is 29.9 Å². The minimum atomic E-state index is 0. The topological polar surface area (TPSA) is 42.9 Å². The molecule has 1 fully saturated rings. The van der Waals surface area contributed by atoms with Crippen LogP contribution in [0.4, 0.5) is 0 Å². The summed E-state index contributed by atoms with van der Waals surface area (Å²) < 4.78 is 0. The Hall–Kier alpha value is -0.0800. The monoisotopic (exact) mass is 467 g/mol. The van der Waals surface area contributed by atoms with Gasteiger partial charge >= 0.3 is 0 Å². The summed E-state index contributed by atoms with van der Waals surface area (Å²) in [4.78, 5) is 9.50. The van der Waals surface area contributed by atoms with E-state index in [0.29, 0.717) is 18.1 Å². The van der Waals surface area contributed by atoms with E-state index in [2.05, 4.69) is 60.0 Å². The average molecular weight is 467 g/mol. The second kappa shape index (κ2) is 14.0. The van der Waals surface area contributed by atoms with Crippen molar-refractivity contribution in [2.45, 2.75) is 78.4 Å². The maximum atomic E-state index is 4.39. The minimum absolute atomic E-state index is 0. The predicted molar refractivity (Wildman–Crippen MR) is 121 cm³/mol. The Bertz CT molecular complexity index is 344. The summed E-state index contributed by atoms with van der Waals surface area (Å²) >= 11 is 0. The third-order valence-corrected chi connectivity index (χ3v) is 4.90. The first-order valence-corrected chi connectivity index (χ1v) is 9.93. The summed E-state index contributed by atoms with van der Waals surface area (Å²) in [5, 5.41) is 7.09. The fourth-order valence-corrected chi connectivity index (χ4v) is 3.59. The molecule has 0 bridgehead atoms. The number of aliphatic imine (C=N–C) groups is 1. The lowest BCUT2D eigenvalue weighted by Gasteiger charge is -2.33. The van der Waals surface area contributed by atoms with Gasteiger partial charge in [-0.05, 0) is 59.9 Å². The van der Waals surface area contributed by atoms with Crippen LogP contribution in [0.2, 0.25) is 0 Å². The molecule has 2 N–H and O–H groups in total. The van der Waals surface area contributed by atoms with E-state index in [1.54, 1.807) is 0 Å². The van der Waals surface area contributed by atoms with Crippen LogP contribution in [0.3, 0.4) is 0 Å². The molecule has 0 spiro atoms. The molecular formula is C19H42IN5. The summed E-state index contributed by atoms with van der Waals surface area (Å²) in [5.74, 6) is 0.963. The maximum absolute atomic E-state index is 4.39. The fourth-order valence-electron chi connectivity index (χ4n) is 3.59. The largest absolute Gasteiger partial charge is 0.356 e. The number of nitrogens with zero attached hydrogens (tertiary/aromatic N) is 3. The van der Waals surface area contributed by atoms with Crippen molar-refractivity contribution in [2.24, 2.45) is 4.99 Å². The molecule has 150 valence electrons. The standard InChI is InChI=1S/C19H41N5.HI/c1-7-12-23-14-9-18(10-15-23)22-19(20-6)21-11-8-13-24(16(2)3)17(4)5;/h16-18H,7-15H2,1-6H3,(H2,20,21,22);1H. The van der Waals surface area contributed by atoms with E-state index in [9.17, 15) is 0 Å². The predicted octanol–water partition coefficient (Wildman–Crippen LogP) is 3.15. The van der Waals surface area contributed by atoms with E-state index < -0.39 is 0 Å². The van der Waals surface area contributed by atoms with Crippen molar-refractivity contribution in [2.75, 3.05) is 39.8 Å². The second-order valence-electron chi connectivity index (χ2n) is 7.54. The van der Waals surface area contributed by atoms with Gasteiger partial charge < -0.3 is 15.5 Å². The van der Waals surface area contributed by atoms with Gasteiger partial charge in [0.05, 0.1) is 0 Å². The van der Waals surface area contributed by atoms with E-state index >= 15 is 0 Å². The normalized spacial score (nSPS) is 17.2. The highest BCUT2D eigenvalue weighted by Gasteiger charge is 2.19. The first-order chi connectivity index (χ1) is 11.5. The van der Waals surface area contributed by atoms with Gasteiger partial charge in [0.25, 0.3) is 0 Å². The van der Waals surface area contributed by atoms with Crippen LogP contribution in [0, 0.1) is 0 Å². The summed E-state index contributed by atoms with van der Waals surface area (Å²) in [5.41, 5.74) is 0. The van der Waals surface area contributed by atoms with E-state index in [1.165, 1.54) is 38.9 Å². The van der Waals surface area contributed by atoms with Crippen LogP contribution in [-0.4, -0.2) is 73.7 Å². The Morgan fingerprint density at radius 2 is 1.76 bits per heavy atom. The summed E-state index contributed by atoms with van der Waals surface area (Å²) in [7, 11) is 1.87. The first-order valence-electron chi connectivity index (χ1n) is 9.93. The summed E-state index contributed by atoms with van der Waals surface area (Å²) in [6.07, 6.45) is 4.83. The van der Waals surface area contributed by atoms with Crippen LogP contribution in [0.25, 0.3) is 0 Å². The van der Waals surface area contributed by atoms with Crippen molar-refractivity contribution in [1.29, 1.82) is 0 Å². The van der Waals surface area contributed by atoms with Gasteiger partial charge in [0.15, 0.2) is 5.96 Å². The van der Waals surface area contributed by atoms with Crippen LogP contribution in [0.1, 0.15) is 60.3 Å². The molecule has 0 radical (unpaired) electrons. The van der Waals surface area contributed by atoms with Crippen LogP contribution in [-0.2, 0) is 0 Å². The molecule has 0 aromatic rings. The van der Waals surface area contributed by atoms with Crippen molar-refractivity contribution in [1.82, 2.24) is 20.4 Å². The number of piperidine rings is 1. The number of rotatable bonds is 9. The lowest BCUT2D eigenvalue weighted by Crippen LogP contribution is -2.49. The van der Waals surface area contributed by atoms with Crippen LogP contribution in [0.15, 0.2) is 4.99 Å². The summed E-state index contributed by atoms with van der Waals surface area (Å²) in [6.45, 7) is 17.1. The van der Waals surface area contributed by atoms with E-state index in [4.69, 9.17) is 0 Å². The van der Waals surface area contributed by atoms with Gasteiger partial charge in [0.1, 0.15) is 0 Å². The van der Waals surface area contributed by atoms with Crippen LogP contribution >= 0.6 is 24.0 Å². The average Bonchev–Trinajstić information content (AvgIpc) is 2.54. The maximum Gasteiger partial charge on any atom is 0.191 e. The Labute approximate surface area is 173 Å². The minimum Gasteiger partial charge on any atom is -0.356 e. The van der Waals surface area contributed by atoms with Gasteiger partial charge in [0, 0.05) is 51.4 Å². The third kappa shape index (κ3) is 9.99. The third-order valence-electron chi connectivity index (χ3n) is 4.90. The Morgan fingerprint density at radius 1 is 1.16 bits per heavy atom. The second-order valence-corrected chi connectivity index (χ2v) is 7.54. The highest BCUT2D eigenvalue weighted by Crippen LogP contribution is 2.10. The molecule has 0 amide bonds. The zero-order chi connectivity index (χ0) is 17.9. The van der Waals surface area contributed by atoms with E-state index in [0.717, 1.165) is 25.5 Å². The molecule has 1 rings (SSSR count). The Kier molecular flexibility index (Phi) is 14.0. The van der Waals surface area contributed by atoms with E-state index in [1.807, 2.05) is 7.05 Å². The van der Waals surface area contributed by atoms with Crippen molar-refractivity contribution in [3.05, 3.63) is 0 Å². The highest BCUT2D eigenvalue weighted by atomic mass is 127. The van der Waals surface area contributed by atoms with Gasteiger partial charge in [0.2, 0.25) is 0 Å². The van der Waals surface area contributed by atoms with Crippen LogP contribution in [0.5, 0.6) is 0 Å². The van der Waals surface area contributed by atoms with Gasteiger partial charge in [-0.15, -0.1) is 24.0 Å². The van der Waals surface area contributed by atoms with Crippen LogP contribution < -0.4 is 10.6 Å². The van der Waals surface area contributed by atoms with Crippen molar-refractivity contribution in [3.8, 4) is 0 Å². The molecule has 0 aromatic heterocycles. The lowest BCUT2D eigenvalue weighted by atomic mass is 10.1. The van der Waals surface area contributed by atoms with E-state index in [-0.39, 0.29) is 24.0 Å². The first kappa shape index (κ1) is 24.9. The molecule has 0 saturated carbocycles.